The SMILES string of the molecule is CCOC1(c2nc(Br)cc(Br)n2)CCCC(C)C1. The van der Waals surface area contributed by atoms with Crippen LogP contribution in [0.2, 0.25) is 0 Å². The molecule has 0 saturated heterocycles. The minimum absolute atomic E-state index is 0.307. The summed E-state index contributed by atoms with van der Waals surface area (Å²) in [5, 5.41) is 0. The summed E-state index contributed by atoms with van der Waals surface area (Å²) in [6.45, 7) is 5.01. The molecule has 0 aromatic carbocycles. The van der Waals surface area contributed by atoms with Crippen LogP contribution in [0.3, 0.4) is 0 Å². The van der Waals surface area contributed by atoms with Gasteiger partial charge >= 0.3 is 0 Å². The van der Waals surface area contributed by atoms with Crippen LogP contribution in [0, 0.1) is 5.92 Å². The zero-order valence-electron chi connectivity index (χ0n) is 10.7. The standard InChI is InChI=1S/C13H18Br2N2O/c1-3-18-13(6-4-5-9(2)8-13)12-16-10(14)7-11(15)17-12/h7,9H,3-6,8H2,1-2H3. The third-order valence-electron chi connectivity index (χ3n) is 3.45. The molecule has 3 nitrogen and oxygen atoms in total. The lowest BCUT2D eigenvalue weighted by Gasteiger charge is -2.38. The van der Waals surface area contributed by atoms with Crippen LogP contribution < -0.4 is 0 Å². The first kappa shape index (κ1) is 14.4. The Kier molecular flexibility index (Phi) is 4.78. The van der Waals surface area contributed by atoms with Crippen molar-refractivity contribution in [3.05, 3.63) is 21.1 Å². The maximum Gasteiger partial charge on any atom is 0.162 e. The molecule has 1 aliphatic rings. The van der Waals surface area contributed by atoms with E-state index in [0.29, 0.717) is 12.5 Å². The van der Waals surface area contributed by atoms with Crippen molar-refractivity contribution in [3.8, 4) is 0 Å². The Hall–Kier alpha value is -0.0000000000000000555. The predicted octanol–water partition coefficient (Wildman–Crippen LogP) is 4.44. The summed E-state index contributed by atoms with van der Waals surface area (Å²) in [6, 6.07) is 1.86. The highest BCUT2D eigenvalue weighted by atomic mass is 79.9. The highest BCUT2D eigenvalue weighted by Crippen LogP contribution is 2.42. The van der Waals surface area contributed by atoms with Crippen LogP contribution in [0.1, 0.15) is 45.4 Å². The van der Waals surface area contributed by atoms with Crippen molar-refractivity contribution < 1.29 is 4.74 Å². The summed E-state index contributed by atoms with van der Waals surface area (Å²) in [6.07, 6.45) is 4.45. The van der Waals surface area contributed by atoms with Gasteiger partial charge in [-0.25, -0.2) is 9.97 Å². The van der Waals surface area contributed by atoms with Gasteiger partial charge in [0, 0.05) is 12.7 Å². The summed E-state index contributed by atoms with van der Waals surface area (Å²) in [5.41, 5.74) is -0.307. The zero-order valence-corrected chi connectivity index (χ0v) is 13.9. The molecule has 18 heavy (non-hydrogen) atoms. The highest BCUT2D eigenvalue weighted by molar-refractivity contribution is 9.11. The molecule has 2 atom stereocenters. The topological polar surface area (TPSA) is 35.0 Å². The molecular weight excluding hydrogens is 360 g/mol. The van der Waals surface area contributed by atoms with E-state index in [0.717, 1.165) is 27.9 Å². The molecule has 5 heteroatoms. The number of hydrogen-bond donors (Lipinski definition) is 0. The lowest BCUT2D eigenvalue weighted by atomic mass is 9.78. The van der Waals surface area contributed by atoms with E-state index >= 15 is 0 Å². The van der Waals surface area contributed by atoms with E-state index in [1.165, 1.54) is 12.8 Å². The summed E-state index contributed by atoms with van der Waals surface area (Å²) >= 11 is 6.87. The van der Waals surface area contributed by atoms with Crippen LogP contribution >= 0.6 is 31.9 Å². The van der Waals surface area contributed by atoms with Gasteiger partial charge in [0.25, 0.3) is 0 Å². The summed E-state index contributed by atoms with van der Waals surface area (Å²) in [4.78, 5) is 9.07. The summed E-state index contributed by atoms with van der Waals surface area (Å²) in [7, 11) is 0. The number of rotatable bonds is 3. The van der Waals surface area contributed by atoms with Gasteiger partial charge in [-0.15, -0.1) is 0 Å². The maximum absolute atomic E-state index is 6.07. The molecule has 2 unspecified atom stereocenters. The van der Waals surface area contributed by atoms with Gasteiger partial charge in [-0.3, -0.25) is 0 Å². The summed E-state index contributed by atoms with van der Waals surface area (Å²) < 4.78 is 7.68. The Balaban J connectivity index is 2.39. The smallest absolute Gasteiger partial charge is 0.162 e. The van der Waals surface area contributed by atoms with Crippen LogP contribution in [0.25, 0.3) is 0 Å². The Labute approximate surface area is 125 Å². The monoisotopic (exact) mass is 376 g/mol. The van der Waals surface area contributed by atoms with Gasteiger partial charge in [-0.1, -0.05) is 13.3 Å². The molecule has 1 aromatic heterocycles. The van der Waals surface area contributed by atoms with Gasteiger partial charge in [-0.05, 0) is 64.0 Å². The van der Waals surface area contributed by atoms with Crippen LogP contribution in [0.15, 0.2) is 15.3 Å². The van der Waals surface area contributed by atoms with Crippen molar-refractivity contribution in [3.63, 3.8) is 0 Å². The van der Waals surface area contributed by atoms with Crippen molar-refractivity contribution in [2.45, 2.75) is 45.1 Å². The second-order valence-electron chi connectivity index (χ2n) is 4.97. The molecule has 0 spiro atoms. The molecule has 1 aliphatic carbocycles. The molecule has 2 rings (SSSR count). The molecule has 1 heterocycles. The van der Waals surface area contributed by atoms with Crippen molar-refractivity contribution in [1.29, 1.82) is 0 Å². The summed E-state index contributed by atoms with van der Waals surface area (Å²) in [5.74, 6) is 1.46. The molecule has 1 aromatic rings. The second kappa shape index (κ2) is 5.97. The van der Waals surface area contributed by atoms with Crippen LogP contribution in [0.4, 0.5) is 0 Å². The van der Waals surface area contributed by atoms with Gasteiger partial charge in [0.2, 0.25) is 0 Å². The molecule has 0 radical (unpaired) electrons. The van der Waals surface area contributed by atoms with Crippen LogP contribution in [-0.2, 0) is 10.3 Å². The minimum Gasteiger partial charge on any atom is -0.367 e. The Morgan fingerprint density at radius 3 is 2.61 bits per heavy atom. The predicted molar refractivity (Wildman–Crippen MR) is 78.4 cm³/mol. The zero-order chi connectivity index (χ0) is 13.2. The average molecular weight is 378 g/mol. The van der Waals surface area contributed by atoms with Gasteiger partial charge in [0.1, 0.15) is 14.8 Å². The van der Waals surface area contributed by atoms with Gasteiger partial charge in [-0.2, -0.15) is 0 Å². The Bertz CT molecular complexity index is 403. The minimum atomic E-state index is -0.307. The maximum atomic E-state index is 6.07. The van der Waals surface area contributed by atoms with Gasteiger partial charge < -0.3 is 4.74 Å². The van der Waals surface area contributed by atoms with Crippen molar-refractivity contribution in [1.82, 2.24) is 9.97 Å². The molecule has 0 bridgehead atoms. The third-order valence-corrected chi connectivity index (χ3v) is 4.26. The quantitative estimate of drug-likeness (QED) is 0.730. The van der Waals surface area contributed by atoms with Crippen molar-refractivity contribution >= 4 is 31.9 Å². The van der Waals surface area contributed by atoms with Crippen molar-refractivity contribution in [2.24, 2.45) is 5.92 Å². The molecule has 0 aliphatic heterocycles. The number of hydrogen-bond acceptors (Lipinski definition) is 3. The van der Waals surface area contributed by atoms with E-state index < -0.39 is 0 Å². The lowest BCUT2D eigenvalue weighted by Crippen LogP contribution is -2.37. The van der Waals surface area contributed by atoms with Crippen LogP contribution in [0.5, 0.6) is 0 Å². The first-order chi connectivity index (χ1) is 8.55. The average Bonchev–Trinajstić information content (AvgIpc) is 2.28. The number of nitrogens with zero attached hydrogens (tertiary/aromatic N) is 2. The number of aromatic nitrogens is 2. The Morgan fingerprint density at radius 2 is 2.06 bits per heavy atom. The van der Waals surface area contributed by atoms with E-state index in [1.807, 2.05) is 13.0 Å². The van der Waals surface area contributed by atoms with Crippen LogP contribution in [-0.4, -0.2) is 16.6 Å². The fourth-order valence-electron chi connectivity index (χ4n) is 2.77. The van der Waals surface area contributed by atoms with E-state index in [-0.39, 0.29) is 5.60 Å². The number of ether oxygens (including phenoxy) is 1. The van der Waals surface area contributed by atoms with E-state index in [4.69, 9.17) is 4.74 Å². The lowest BCUT2D eigenvalue weighted by molar-refractivity contribution is -0.0883. The van der Waals surface area contributed by atoms with Gasteiger partial charge in [0.15, 0.2) is 5.82 Å². The second-order valence-corrected chi connectivity index (χ2v) is 6.59. The Morgan fingerprint density at radius 1 is 1.39 bits per heavy atom. The first-order valence-electron chi connectivity index (χ1n) is 6.40. The molecule has 0 amide bonds. The van der Waals surface area contributed by atoms with E-state index in [2.05, 4.69) is 48.8 Å². The molecule has 0 N–H and O–H groups in total. The fraction of sp³-hybridized carbons (Fsp3) is 0.692. The van der Waals surface area contributed by atoms with E-state index in [1.54, 1.807) is 0 Å². The highest BCUT2D eigenvalue weighted by Gasteiger charge is 2.40. The largest absolute Gasteiger partial charge is 0.367 e. The number of halogens is 2. The molecule has 100 valence electrons. The van der Waals surface area contributed by atoms with Crippen molar-refractivity contribution in [2.75, 3.05) is 6.61 Å². The molecule has 1 saturated carbocycles. The first-order valence-corrected chi connectivity index (χ1v) is 7.99. The van der Waals surface area contributed by atoms with E-state index in [9.17, 15) is 0 Å². The van der Waals surface area contributed by atoms with Gasteiger partial charge in [0.05, 0.1) is 0 Å². The fourth-order valence-corrected chi connectivity index (χ4v) is 3.85. The third kappa shape index (κ3) is 3.11. The molecule has 1 fully saturated rings. The molecular formula is C13H18Br2N2O. The normalized spacial score (nSPS) is 28.3.